The van der Waals surface area contributed by atoms with Crippen molar-refractivity contribution in [1.82, 2.24) is 14.1 Å². The van der Waals surface area contributed by atoms with Gasteiger partial charge in [0.25, 0.3) is 0 Å². The SMILES string of the molecule is CCCc1ccc(Nc2nc(=O)n(CCC(=O)O)c(=O)n2Cc2ccc(C)cc2)cc1C. The van der Waals surface area contributed by atoms with Crippen molar-refractivity contribution in [2.24, 2.45) is 0 Å². The average Bonchev–Trinajstić information content (AvgIpc) is 2.74. The van der Waals surface area contributed by atoms with E-state index < -0.39 is 17.3 Å². The van der Waals surface area contributed by atoms with E-state index in [2.05, 4.69) is 17.2 Å². The van der Waals surface area contributed by atoms with Crippen molar-refractivity contribution in [3.63, 3.8) is 0 Å². The molecule has 32 heavy (non-hydrogen) atoms. The van der Waals surface area contributed by atoms with Gasteiger partial charge < -0.3 is 10.4 Å². The predicted molar refractivity (Wildman–Crippen MR) is 124 cm³/mol. The maximum absolute atomic E-state index is 13.1. The van der Waals surface area contributed by atoms with Crippen molar-refractivity contribution in [1.29, 1.82) is 0 Å². The monoisotopic (exact) mass is 436 g/mol. The maximum atomic E-state index is 13.1. The van der Waals surface area contributed by atoms with E-state index in [1.807, 2.05) is 56.3 Å². The molecule has 1 heterocycles. The zero-order valence-corrected chi connectivity index (χ0v) is 18.6. The summed E-state index contributed by atoms with van der Waals surface area (Å²) in [6.07, 6.45) is 1.67. The minimum absolute atomic E-state index is 0.120. The molecule has 3 rings (SSSR count). The molecule has 168 valence electrons. The summed E-state index contributed by atoms with van der Waals surface area (Å²) < 4.78 is 2.23. The van der Waals surface area contributed by atoms with Crippen LogP contribution in [0.1, 0.15) is 42.0 Å². The van der Waals surface area contributed by atoms with Crippen LogP contribution >= 0.6 is 0 Å². The number of rotatable bonds is 9. The van der Waals surface area contributed by atoms with Crippen molar-refractivity contribution in [3.05, 3.63) is 85.7 Å². The highest BCUT2D eigenvalue weighted by atomic mass is 16.4. The second-order valence-corrected chi connectivity index (χ2v) is 7.88. The Kier molecular flexibility index (Phi) is 7.25. The maximum Gasteiger partial charge on any atom is 0.354 e. The lowest BCUT2D eigenvalue weighted by Crippen LogP contribution is -2.43. The average molecular weight is 437 g/mol. The van der Waals surface area contributed by atoms with Gasteiger partial charge in [-0.25, -0.2) is 14.2 Å². The van der Waals surface area contributed by atoms with Crippen LogP contribution < -0.4 is 16.7 Å². The van der Waals surface area contributed by atoms with Gasteiger partial charge in [0, 0.05) is 12.2 Å². The molecule has 0 aliphatic heterocycles. The molecule has 0 bridgehead atoms. The van der Waals surface area contributed by atoms with Crippen LogP contribution in [-0.4, -0.2) is 25.2 Å². The van der Waals surface area contributed by atoms with Gasteiger partial charge >= 0.3 is 17.3 Å². The van der Waals surface area contributed by atoms with Crippen LogP contribution in [0.5, 0.6) is 0 Å². The first-order valence-electron chi connectivity index (χ1n) is 10.6. The first-order valence-corrected chi connectivity index (χ1v) is 10.6. The highest BCUT2D eigenvalue weighted by Gasteiger charge is 2.15. The van der Waals surface area contributed by atoms with Gasteiger partial charge in [0.05, 0.1) is 13.0 Å². The summed E-state index contributed by atoms with van der Waals surface area (Å²) in [5.41, 5.74) is 3.64. The molecule has 8 nitrogen and oxygen atoms in total. The fourth-order valence-corrected chi connectivity index (χ4v) is 3.49. The minimum atomic E-state index is -1.09. The van der Waals surface area contributed by atoms with Gasteiger partial charge in [0.2, 0.25) is 5.95 Å². The lowest BCUT2D eigenvalue weighted by molar-refractivity contribution is -0.137. The standard InChI is InChI=1S/C24H28N4O4/c1-4-5-19-10-11-20(14-17(19)3)25-22-26-23(31)27(13-12-21(29)30)24(32)28(22)15-18-8-6-16(2)7-9-18/h6-11,14H,4-5,12-13,15H2,1-3H3,(H,29,30)(H,25,26,31). The number of hydrogen-bond donors (Lipinski definition) is 2. The van der Waals surface area contributed by atoms with Gasteiger partial charge in [0.1, 0.15) is 0 Å². The van der Waals surface area contributed by atoms with E-state index in [1.54, 1.807) is 0 Å². The fourth-order valence-electron chi connectivity index (χ4n) is 3.49. The molecule has 0 saturated heterocycles. The van der Waals surface area contributed by atoms with E-state index in [0.29, 0.717) is 0 Å². The number of aliphatic carboxylic acids is 1. The molecular weight excluding hydrogens is 408 g/mol. The summed E-state index contributed by atoms with van der Waals surface area (Å²) in [7, 11) is 0. The Bertz CT molecular complexity index is 1230. The number of benzene rings is 2. The third-order valence-electron chi connectivity index (χ3n) is 5.28. The number of carbonyl (C=O) groups is 1. The second kappa shape index (κ2) is 10.1. The Morgan fingerprint density at radius 3 is 2.41 bits per heavy atom. The normalized spacial score (nSPS) is 10.8. The van der Waals surface area contributed by atoms with Crippen molar-refractivity contribution in [2.45, 2.75) is 53.1 Å². The molecule has 0 aliphatic rings. The summed E-state index contributed by atoms with van der Waals surface area (Å²) in [6.45, 7) is 6.07. The zero-order chi connectivity index (χ0) is 23.3. The first kappa shape index (κ1) is 23.0. The summed E-state index contributed by atoms with van der Waals surface area (Å²) >= 11 is 0. The zero-order valence-electron chi connectivity index (χ0n) is 18.6. The molecular formula is C24H28N4O4. The number of hydrogen-bond acceptors (Lipinski definition) is 5. The van der Waals surface area contributed by atoms with Crippen LogP contribution in [0.3, 0.4) is 0 Å². The van der Waals surface area contributed by atoms with E-state index in [-0.39, 0.29) is 25.5 Å². The second-order valence-electron chi connectivity index (χ2n) is 7.88. The molecule has 0 spiro atoms. The van der Waals surface area contributed by atoms with Gasteiger partial charge in [-0.3, -0.25) is 9.36 Å². The van der Waals surface area contributed by atoms with Crippen LogP contribution in [0.2, 0.25) is 0 Å². The first-order chi connectivity index (χ1) is 15.3. The van der Waals surface area contributed by atoms with Crippen LogP contribution in [0.15, 0.2) is 52.1 Å². The molecule has 0 radical (unpaired) electrons. The van der Waals surface area contributed by atoms with Crippen LogP contribution in [0.4, 0.5) is 11.6 Å². The topological polar surface area (TPSA) is 106 Å². The van der Waals surface area contributed by atoms with Gasteiger partial charge in [-0.15, -0.1) is 0 Å². The van der Waals surface area contributed by atoms with Crippen LogP contribution in [-0.2, 0) is 24.3 Å². The molecule has 0 fully saturated rings. The third-order valence-corrected chi connectivity index (χ3v) is 5.28. The lowest BCUT2D eigenvalue weighted by Gasteiger charge is -2.16. The Hall–Kier alpha value is -3.68. The summed E-state index contributed by atoms with van der Waals surface area (Å²) in [5.74, 6) is -0.971. The van der Waals surface area contributed by atoms with E-state index in [9.17, 15) is 14.4 Å². The summed E-state index contributed by atoms with van der Waals surface area (Å²) in [4.78, 5) is 40.7. The molecule has 2 N–H and O–H groups in total. The third kappa shape index (κ3) is 5.51. The Labute approximate surface area is 186 Å². The molecule has 1 aromatic heterocycles. The molecule has 2 aromatic carbocycles. The Balaban J connectivity index is 2.04. The van der Waals surface area contributed by atoms with Gasteiger partial charge in [0.15, 0.2) is 0 Å². The van der Waals surface area contributed by atoms with Crippen molar-refractivity contribution in [2.75, 3.05) is 5.32 Å². The molecule has 0 aliphatic carbocycles. The fraction of sp³-hybridized carbons (Fsp3) is 0.333. The van der Waals surface area contributed by atoms with Gasteiger partial charge in [-0.1, -0.05) is 49.2 Å². The molecule has 8 heteroatoms. The van der Waals surface area contributed by atoms with E-state index in [1.165, 1.54) is 10.1 Å². The minimum Gasteiger partial charge on any atom is -0.481 e. The number of carboxylic acids is 1. The highest BCUT2D eigenvalue weighted by molar-refractivity contribution is 5.66. The number of anilines is 2. The summed E-state index contributed by atoms with van der Waals surface area (Å²) in [6, 6.07) is 13.6. The molecule has 0 atom stereocenters. The number of aromatic nitrogens is 3. The summed E-state index contributed by atoms with van der Waals surface area (Å²) in [5, 5.41) is 12.1. The predicted octanol–water partition coefficient (Wildman–Crippen LogP) is 3.24. The van der Waals surface area contributed by atoms with Gasteiger partial charge in [-0.2, -0.15) is 4.98 Å². The smallest absolute Gasteiger partial charge is 0.354 e. The number of carboxylic acid groups (broad SMARTS) is 1. The largest absolute Gasteiger partial charge is 0.481 e. The molecule has 0 unspecified atom stereocenters. The van der Waals surface area contributed by atoms with E-state index in [0.717, 1.165) is 39.8 Å². The Morgan fingerprint density at radius 2 is 1.78 bits per heavy atom. The van der Waals surface area contributed by atoms with Gasteiger partial charge in [-0.05, 0) is 49.1 Å². The number of aryl methyl sites for hydroxylation is 3. The molecule has 3 aromatic rings. The molecule has 0 amide bonds. The molecule has 0 saturated carbocycles. The quantitative estimate of drug-likeness (QED) is 0.533. The van der Waals surface area contributed by atoms with E-state index in [4.69, 9.17) is 5.11 Å². The van der Waals surface area contributed by atoms with E-state index >= 15 is 0 Å². The van der Waals surface area contributed by atoms with Crippen molar-refractivity contribution >= 4 is 17.6 Å². The highest BCUT2D eigenvalue weighted by Crippen LogP contribution is 2.19. The van der Waals surface area contributed by atoms with Crippen LogP contribution in [0.25, 0.3) is 0 Å². The number of nitrogens with one attached hydrogen (secondary N) is 1. The Morgan fingerprint density at radius 1 is 1.06 bits per heavy atom. The van der Waals surface area contributed by atoms with Crippen molar-refractivity contribution < 1.29 is 9.90 Å². The lowest BCUT2D eigenvalue weighted by atomic mass is 10.0. The number of nitrogens with zero attached hydrogens (tertiary/aromatic N) is 3. The van der Waals surface area contributed by atoms with Crippen molar-refractivity contribution in [3.8, 4) is 0 Å². The van der Waals surface area contributed by atoms with Crippen LogP contribution in [0, 0.1) is 13.8 Å².